The molecule has 0 aliphatic carbocycles. The van der Waals surface area contributed by atoms with Crippen molar-refractivity contribution in [3.05, 3.63) is 40.6 Å². The fourth-order valence-electron chi connectivity index (χ4n) is 2.71. The Kier molecular flexibility index (Phi) is 5.26. The lowest BCUT2D eigenvalue weighted by atomic mass is 10.3. The normalized spacial score (nSPS) is 16.0. The van der Waals surface area contributed by atoms with E-state index in [1.807, 2.05) is 4.90 Å². The van der Waals surface area contributed by atoms with Crippen LogP contribution in [-0.2, 0) is 10.0 Å². The average Bonchev–Trinajstić information content (AvgIpc) is 2.61. The smallest absolute Gasteiger partial charge is 0.243 e. The Morgan fingerprint density at radius 1 is 1.08 bits per heavy atom. The van der Waals surface area contributed by atoms with E-state index in [1.165, 1.54) is 4.31 Å². The first-order valence-electron chi connectivity index (χ1n) is 7.80. The molecule has 0 amide bonds. The minimum Gasteiger partial charge on any atom is -0.481 e. The monoisotopic (exact) mass is 426 g/mol. The van der Waals surface area contributed by atoms with Crippen LogP contribution in [-0.4, -0.2) is 56.0 Å². The Hall–Kier alpha value is -1.71. The maximum atomic E-state index is 12.7. The van der Waals surface area contributed by atoms with E-state index in [0.717, 1.165) is 10.3 Å². The molecule has 1 aromatic heterocycles. The number of methoxy groups -OCH3 is 1. The van der Waals surface area contributed by atoms with Gasteiger partial charge >= 0.3 is 0 Å². The van der Waals surface area contributed by atoms with Gasteiger partial charge in [0, 0.05) is 36.7 Å². The van der Waals surface area contributed by atoms with Gasteiger partial charge in [-0.1, -0.05) is 15.9 Å². The van der Waals surface area contributed by atoms with Gasteiger partial charge < -0.3 is 9.64 Å². The van der Waals surface area contributed by atoms with Crippen LogP contribution < -0.4 is 9.64 Å². The summed E-state index contributed by atoms with van der Waals surface area (Å²) in [5.74, 6) is 1.89. The van der Waals surface area contributed by atoms with Crippen LogP contribution in [0.4, 0.5) is 5.82 Å². The summed E-state index contributed by atoms with van der Waals surface area (Å²) in [6, 6.07) is 8.47. The third-order valence-corrected chi connectivity index (χ3v) is 6.47. The Morgan fingerprint density at radius 3 is 2.32 bits per heavy atom. The van der Waals surface area contributed by atoms with E-state index < -0.39 is 10.0 Å². The zero-order valence-corrected chi connectivity index (χ0v) is 16.4. The number of anilines is 1. The Balaban J connectivity index is 1.73. The number of hydrogen-bond acceptors (Lipinski definition) is 6. The zero-order chi connectivity index (χ0) is 18.0. The van der Waals surface area contributed by atoms with E-state index in [9.17, 15) is 8.42 Å². The van der Waals surface area contributed by atoms with Gasteiger partial charge in [0.2, 0.25) is 15.9 Å². The summed E-state index contributed by atoms with van der Waals surface area (Å²) in [7, 11) is -1.91. The number of nitrogens with zero attached hydrogens (tertiary/aromatic N) is 4. The van der Waals surface area contributed by atoms with Crippen LogP contribution in [0.5, 0.6) is 5.88 Å². The van der Waals surface area contributed by atoms with Crippen molar-refractivity contribution in [1.82, 2.24) is 14.3 Å². The van der Waals surface area contributed by atoms with Crippen molar-refractivity contribution in [2.24, 2.45) is 0 Å². The molecule has 9 heteroatoms. The minimum absolute atomic E-state index is 0.309. The molecule has 0 N–H and O–H groups in total. The number of hydrogen-bond donors (Lipinski definition) is 0. The summed E-state index contributed by atoms with van der Waals surface area (Å²) in [6.07, 6.45) is 0. The van der Waals surface area contributed by atoms with E-state index in [0.29, 0.717) is 42.8 Å². The number of sulfonamides is 1. The Labute approximate surface area is 155 Å². The van der Waals surface area contributed by atoms with Crippen molar-refractivity contribution in [2.75, 3.05) is 38.2 Å². The topological polar surface area (TPSA) is 75.6 Å². The molecule has 1 aliphatic rings. The molecule has 1 saturated heterocycles. The van der Waals surface area contributed by atoms with Gasteiger partial charge in [-0.05, 0) is 31.2 Å². The molecule has 0 atom stereocenters. The standard InChI is InChI=1S/C16H19BrN4O3S/c1-12-18-15(11-16(19-12)24-2)20-7-9-21(10-8-20)25(22,23)14-5-3-13(17)4-6-14/h3-6,11H,7-10H2,1-2H3. The van der Waals surface area contributed by atoms with E-state index in [2.05, 4.69) is 25.9 Å². The van der Waals surface area contributed by atoms with Gasteiger partial charge in [-0.15, -0.1) is 0 Å². The van der Waals surface area contributed by atoms with Crippen molar-refractivity contribution in [3.8, 4) is 5.88 Å². The quantitative estimate of drug-likeness (QED) is 0.744. The van der Waals surface area contributed by atoms with Crippen molar-refractivity contribution < 1.29 is 13.2 Å². The molecule has 0 saturated carbocycles. The maximum absolute atomic E-state index is 12.7. The van der Waals surface area contributed by atoms with Crippen LogP contribution in [0.25, 0.3) is 0 Å². The van der Waals surface area contributed by atoms with Gasteiger partial charge in [0.05, 0.1) is 12.0 Å². The molecule has 2 heterocycles. The molecular weight excluding hydrogens is 408 g/mol. The molecule has 0 spiro atoms. The lowest BCUT2D eigenvalue weighted by molar-refractivity contribution is 0.380. The lowest BCUT2D eigenvalue weighted by Crippen LogP contribution is -2.49. The molecular formula is C16H19BrN4O3S. The van der Waals surface area contributed by atoms with Crippen LogP contribution in [0, 0.1) is 6.92 Å². The predicted octanol–water partition coefficient (Wildman–Crippen LogP) is 2.07. The van der Waals surface area contributed by atoms with E-state index in [-0.39, 0.29) is 0 Å². The van der Waals surface area contributed by atoms with E-state index >= 15 is 0 Å². The zero-order valence-electron chi connectivity index (χ0n) is 14.0. The van der Waals surface area contributed by atoms with Gasteiger partial charge in [-0.3, -0.25) is 0 Å². The molecule has 25 heavy (non-hydrogen) atoms. The molecule has 2 aromatic rings. The summed E-state index contributed by atoms with van der Waals surface area (Å²) >= 11 is 3.32. The number of benzene rings is 1. The van der Waals surface area contributed by atoms with Gasteiger partial charge in [0.15, 0.2) is 0 Å². The van der Waals surface area contributed by atoms with Crippen LogP contribution in [0.3, 0.4) is 0 Å². The number of piperazine rings is 1. The third kappa shape index (κ3) is 3.94. The second-order valence-corrected chi connectivity index (χ2v) is 8.51. The summed E-state index contributed by atoms with van der Waals surface area (Å²) in [6.45, 7) is 3.75. The SMILES string of the molecule is COc1cc(N2CCN(S(=O)(=O)c3ccc(Br)cc3)CC2)nc(C)n1. The van der Waals surface area contributed by atoms with E-state index in [4.69, 9.17) is 4.74 Å². The largest absolute Gasteiger partial charge is 0.481 e. The lowest BCUT2D eigenvalue weighted by Gasteiger charge is -2.34. The molecule has 7 nitrogen and oxygen atoms in total. The van der Waals surface area contributed by atoms with Gasteiger partial charge in [-0.2, -0.15) is 9.29 Å². The van der Waals surface area contributed by atoms with Gasteiger partial charge in [0.1, 0.15) is 11.6 Å². The number of halogens is 1. The first kappa shape index (κ1) is 18.1. The highest BCUT2D eigenvalue weighted by Gasteiger charge is 2.29. The average molecular weight is 427 g/mol. The fraction of sp³-hybridized carbons (Fsp3) is 0.375. The summed E-state index contributed by atoms with van der Waals surface area (Å²) in [4.78, 5) is 11.0. The van der Waals surface area contributed by atoms with Crippen molar-refractivity contribution in [1.29, 1.82) is 0 Å². The summed E-state index contributed by atoms with van der Waals surface area (Å²) in [5.41, 5.74) is 0. The number of aromatic nitrogens is 2. The number of ether oxygens (including phenoxy) is 1. The van der Waals surface area contributed by atoms with Crippen LogP contribution in [0.1, 0.15) is 5.82 Å². The van der Waals surface area contributed by atoms with Gasteiger partial charge in [-0.25, -0.2) is 13.4 Å². The Morgan fingerprint density at radius 2 is 1.72 bits per heavy atom. The molecule has 0 unspecified atom stereocenters. The van der Waals surface area contributed by atoms with Crippen molar-refractivity contribution in [2.45, 2.75) is 11.8 Å². The maximum Gasteiger partial charge on any atom is 0.243 e. The summed E-state index contributed by atoms with van der Waals surface area (Å²) in [5, 5.41) is 0. The van der Waals surface area contributed by atoms with Crippen LogP contribution in [0.15, 0.2) is 39.7 Å². The molecule has 0 bridgehead atoms. The first-order valence-corrected chi connectivity index (χ1v) is 10.0. The molecule has 3 rings (SSSR count). The second kappa shape index (κ2) is 7.27. The fourth-order valence-corrected chi connectivity index (χ4v) is 4.39. The molecule has 134 valence electrons. The third-order valence-electron chi connectivity index (χ3n) is 4.02. The number of rotatable bonds is 4. The molecule has 1 fully saturated rings. The van der Waals surface area contributed by atoms with Crippen LogP contribution >= 0.6 is 15.9 Å². The molecule has 1 aromatic carbocycles. The van der Waals surface area contributed by atoms with Crippen molar-refractivity contribution in [3.63, 3.8) is 0 Å². The first-order chi connectivity index (χ1) is 11.9. The highest BCUT2D eigenvalue weighted by Crippen LogP contribution is 2.23. The van der Waals surface area contributed by atoms with Gasteiger partial charge in [0.25, 0.3) is 0 Å². The Bertz CT molecular complexity index is 850. The molecule has 0 radical (unpaired) electrons. The number of aryl methyl sites for hydroxylation is 1. The highest BCUT2D eigenvalue weighted by molar-refractivity contribution is 9.10. The van der Waals surface area contributed by atoms with E-state index in [1.54, 1.807) is 44.4 Å². The van der Waals surface area contributed by atoms with Crippen molar-refractivity contribution >= 4 is 31.8 Å². The summed E-state index contributed by atoms with van der Waals surface area (Å²) < 4.78 is 33.0. The minimum atomic E-state index is -3.48. The second-order valence-electron chi connectivity index (χ2n) is 5.66. The predicted molar refractivity (Wildman–Crippen MR) is 98.4 cm³/mol. The highest BCUT2D eigenvalue weighted by atomic mass is 79.9. The van der Waals surface area contributed by atoms with Crippen LogP contribution in [0.2, 0.25) is 0 Å². The molecule has 1 aliphatic heterocycles.